The molecule has 0 aromatic carbocycles. The van der Waals surface area contributed by atoms with Gasteiger partial charge in [-0.1, -0.05) is 39.5 Å². The molecule has 0 unspecified atom stereocenters. The number of fused-ring (bicyclic) bond motifs is 3. The first-order chi connectivity index (χ1) is 15.5. The number of carbonyl (C=O) groups excluding carboxylic acids is 2. The largest absolute Gasteiger partial charge is 0.351 e. The van der Waals surface area contributed by atoms with E-state index in [4.69, 9.17) is 0 Å². The average Bonchev–Trinajstić information content (AvgIpc) is 3.28. The summed E-state index contributed by atoms with van der Waals surface area (Å²) in [4.78, 5) is 31.7. The van der Waals surface area contributed by atoms with Crippen molar-refractivity contribution < 1.29 is 9.59 Å². The van der Waals surface area contributed by atoms with Crippen molar-refractivity contribution in [2.75, 3.05) is 26.2 Å². The number of nitrogens with one attached hydrogen (secondary N) is 1. The van der Waals surface area contributed by atoms with Crippen LogP contribution >= 0.6 is 11.3 Å². The minimum Gasteiger partial charge on any atom is -0.351 e. The van der Waals surface area contributed by atoms with Gasteiger partial charge in [0.1, 0.15) is 11.2 Å². The Balaban J connectivity index is 1.60. The van der Waals surface area contributed by atoms with Crippen LogP contribution in [-0.2, 0) is 11.3 Å². The molecule has 0 spiro atoms. The van der Waals surface area contributed by atoms with E-state index >= 15 is 0 Å². The highest BCUT2D eigenvalue weighted by molar-refractivity contribution is 7.17. The Kier molecular flexibility index (Phi) is 7.25. The highest BCUT2D eigenvalue weighted by atomic mass is 32.1. The number of carbonyl (C=O) groups is 2. The number of amides is 2. The molecule has 0 radical (unpaired) electrons. The number of nitrogens with zero attached hydrogens (tertiary/aromatic N) is 3. The molecule has 2 aromatic rings. The van der Waals surface area contributed by atoms with Crippen LogP contribution in [-0.4, -0.2) is 63.9 Å². The molecule has 7 heteroatoms. The van der Waals surface area contributed by atoms with Gasteiger partial charge in [0.05, 0.1) is 16.8 Å². The van der Waals surface area contributed by atoms with Gasteiger partial charge in [-0.2, -0.15) is 0 Å². The van der Waals surface area contributed by atoms with Gasteiger partial charge in [-0.15, -0.1) is 11.3 Å². The Bertz CT molecular complexity index is 939. The Morgan fingerprint density at radius 3 is 2.62 bits per heavy atom. The molecule has 2 amide bonds. The summed E-state index contributed by atoms with van der Waals surface area (Å²) < 4.78 is 3.19. The molecule has 0 bridgehead atoms. The third kappa shape index (κ3) is 4.46. The number of thiophene rings is 1. The van der Waals surface area contributed by atoms with E-state index in [1.807, 2.05) is 17.9 Å². The summed E-state index contributed by atoms with van der Waals surface area (Å²) in [6.45, 7) is 10.4. The van der Waals surface area contributed by atoms with E-state index in [0.717, 1.165) is 54.8 Å². The van der Waals surface area contributed by atoms with Crippen LogP contribution in [0.25, 0.3) is 10.2 Å². The smallest absolute Gasteiger partial charge is 0.271 e. The summed E-state index contributed by atoms with van der Waals surface area (Å²) in [6, 6.07) is 4.29. The molecule has 176 valence electrons. The maximum atomic E-state index is 13.7. The molecular weight excluding hydrogens is 420 g/mol. The standard InChI is InChI=1S/C25H38N4O2S/c1-4-27(5-2)14-10-15-29-23(30)21-17-22-20(13-16-32-22)28(21)18-25(29,3)24(31)26-19-11-8-6-7-9-12-19/h13,16-17,19H,4-12,14-15,18H2,1-3H3,(H,26,31)/t25-/m0/s1. The summed E-state index contributed by atoms with van der Waals surface area (Å²) in [5.41, 5.74) is 0.900. The van der Waals surface area contributed by atoms with E-state index < -0.39 is 5.54 Å². The lowest BCUT2D eigenvalue weighted by Gasteiger charge is -2.45. The molecule has 1 N–H and O–H groups in total. The molecule has 6 nitrogen and oxygen atoms in total. The molecule has 1 aliphatic carbocycles. The minimum atomic E-state index is -0.881. The molecule has 1 atom stereocenters. The van der Waals surface area contributed by atoms with Crippen molar-refractivity contribution in [2.45, 2.75) is 83.8 Å². The normalized spacial score (nSPS) is 22.4. The summed E-state index contributed by atoms with van der Waals surface area (Å²) in [6.07, 6.45) is 7.80. The van der Waals surface area contributed by atoms with Gasteiger partial charge in [0.15, 0.2) is 0 Å². The van der Waals surface area contributed by atoms with E-state index in [0.29, 0.717) is 13.1 Å². The van der Waals surface area contributed by atoms with Crippen LogP contribution in [0.2, 0.25) is 0 Å². The van der Waals surface area contributed by atoms with Gasteiger partial charge in [0, 0.05) is 12.6 Å². The predicted molar refractivity (Wildman–Crippen MR) is 131 cm³/mol. The Morgan fingerprint density at radius 1 is 1.22 bits per heavy atom. The summed E-state index contributed by atoms with van der Waals surface area (Å²) in [5.74, 6) is -0.0129. The van der Waals surface area contributed by atoms with Crippen LogP contribution in [0.15, 0.2) is 17.5 Å². The molecule has 1 saturated carbocycles. The van der Waals surface area contributed by atoms with Gasteiger partial charge >= 0.3 is 0 Å². The van der Waals surface area contributed by atoms with Gasteiger partial charge in [-0.3, -0.25) is 9.59 Å². The zero-order valence-electron chi connectivity index (χ0n) is 19.9. The van der Waals surface area contributed by atoms with Gasteiger partial charge in [-0.25, -0.2) is 0 Å². The molecule has 4 rings (SSSR count). The Morgan fingerprint density at radius 2 is 1.94 bits per heavy atom. The van der Waals surface area contributed by atoms with Crippen molar-refractivity contribution in [1.82, 2.24) is 19.7 Å². The van der Waals surface area contributed by atoms with Crippen molar-refractivity contribution >= 4 is 33.4 Å². The molecular formula is C25H38N4O2S. The van der Waals surface area contributed by atoms with Crippen molar-refractivity contribution in [3.05, 3.63) is 23.2 Å². The van der Waals surface area contributed by atoms with Gasteiger partial charge in [0.2, 0.25) is 5.91 Å². The first-order valence-electron chi connectivity index (χ1n) is 12.4. The first kappa shape index (κ1) is 23.3. The number of rotatable bonds is 8. The van der Waals surface area contributed by atoms with E-state index in [1.165, 1.54) is 25.7 Å². The fourth-order valence-electron chi connectivity index (χ4n) is 5.38. The van der Waals surface area contributed by atoms with E-state index in [1.54, 1.807) is 11.3 Å². The highest BCUT2D eigenvalue weighted by Crippen LogP contribution is 2.34. The minimum absolute atomic E-state index is 0.00307. The molecule has 2 aliphatic rings. The van der Waals surface area contributed by atoms with Crippen LogP contribution in [0.4, 0.5) is 0 Å². The van der Waals surface area contributed by atoms with Crippen LogP contribution < -0.4 is 5.32 Å². The topological polar surface area (TPSA) is 57.6 Å². The van der Waals surface area contributed by atoms with E-state index in [9.17, 15) is 9.59 Å². The second-order valence-corrected chi connectivity index (χ2v) is 10.5. The lowest BCUT2D eigenvalue weighted by molar-refractivity contribution is -0.133. The third-order valence-corrected chi connectivity index (χ3v) is 8.33. The lowest BCUT2D eigenvalue weighted by atomic mass is 9.93. The van der Waals surface area contributed by atoms with E-state index in [2.05, 4.69) is 40.1 Å². The van der Waals surface area contributed by atoms with E-state index in [-0.39, 0.29) is 17.9 Å². The number of aromatic nitrogens is 1. The maximum Gasteiger partial charge on any atom is 0.271 e. The number of hydrogen-bond acceptors (Lipinski definition) is 4. The van der Waals surface area contributed by atoms with Crippen molar-refractivity contribution in [3.8, 4) is 0 Å². The zero-order chi connectivity index (χ0) is 22.7. The lowest BCUT2D eigenvalue weighted by Crippen LogP contribution is -2.65. The third-order valence-electron chi connectivity index (χ3n) is 7.48. The monoisotopic (exact) mass is 458 g/mol. The molecule has 1 aliphatic heterocycles. The second kappa shape index (κ2) is 9.96. The SMILES string of the molecule is CCN(CC)CCCN1C(=O)c2cc3sccc3n2C[C@@]1(C)C(=O)NC1CCCCCC1. The molecule has 1 fully saturated rings. The quantitative estimate of drug-likeness (QED) is 0.593. The van der Waals surface area contributed by atoms with Crippen molar-refractivity contribution in [3.63, 3.8) is 0 Å². The van der Waals surface area contributed by atoms with Crippen molar-refractivity contribution in [2.24, 2.45) is 0 Å². The molecule has 0 saturated heterocycles. The molecule has 32 heavy (non-hydrogen) atoms. The maximum absolute atomic E-state index is 13.7. The summed E-state index contributed by atoms with van der Waals surface area (Å²) >= 11 is 1.65. The average molecular weight is 459 g/mol. The Labute approximate surface area is 195 Å². The Hall–Kier alpha value is -1.86. The van der Waals surface area contributed by atoms with Crippen LogP contribution in [0.1, 0.15) is 76.2 Å². The molecule has 2 aromatic heterocycles. The second-order valence-electron chi connectivity index (χ2n) is 9.56. The summed E-state index contributed by atoms with van der Waals surface area (Å²) in [5, 5.41) is 5.41. The van der Waals surface area contributed by atoms with Crippen LogP contribution in [0.5, 0.6) is 0 Å². The van der Waals surface area contributed by atoms with Gasteiger partial charge in [0.25, 0.3) is 5.91 Å². The summed E-state index contributed by atoms with van der Waals surface area (Å²) in [7, 11) is 0. The highest BCUT2D eigenvalue weighted by Gasteiger charge is 2.47. The van der Waals surface area contributed by atoms with Gasteiger partial charge < -0.3 is 19.7 Å². The van der Waals surface area contributed by atoms with Crippen molar-refractivity contribution in [1.29, 1.82) is 0 Å². The molecule has 3 heterocycles. The zero-order valence-corrected chi connectivity index (χ0v) is 20.7. The van der Waals surface area contributed by atoms with Crippen LogP contribution in [0, 0.1) is 0 Å². The first-order valence-corrected chi connectivity index (χ1v) is 13.3. The van der Waals surface area contributed by atoms with Crippen LogP contribution in [0.3, 0.4) is 0 Å². The number of hydrogen-bond donors (Lipinski definition) is 1. The van der Waals surface area contributed by atoms with Gasteiger partial charge in [-0.05, 0) is 63.3 Å². The fraction of sp³-hybridized carbons (Fsp3) is 0.680. The predicted octanol–water partition coefficient (Wildman–Crippen LogP) is 4.49. The fourth-order valence-corrected chi connectivity index (χ4v) is 6.20.